The minimum Gasteiger partial charge on any atom is -0.365 e. The first-order valence-corrected chi connectivity index (χ1v) is 5.64. The standard InChI is InChI=1S/C11H13N3S/c1-13-11-14-10(7-15-11)9-4-2-8(6-12)3-5-9/h2-5,7H,6,12H2,1H3,(H,13,14). The largest absolute Gasteiger partial charge is 0.365 e. The van der Waals surface area contributed by atoms with Gasteiger partial charge < -0.3 is 11.1 Å². The van der Waals surface area contributed by atoms with Gasteiger partial charge in [0.2, 0.25) is 0 Å². The zero-order valence-corrected chi connectivity index (χ0v) is 9.34. The van der Waals surface area contributed by atoms with Gasteiger partial charge in [0.1, 0.15) is 0 Å². The maximum atomic E-state index is 5.54. The van der Waals surface area contributed by atoms with Crippen LogP contribution < -0.4 is 11.1 Å². The fraction of sp³-hybridized carbons (Fsp3) is 0.182. The van der Waals surface area contributed by atoms with Crippen molar-refractivity contribution in [2.24, 2.45) is 5.73 Å². The summed E-state index contributed by atoms with van der Waals surface area (Å²) in [7, 11) is 1.88. The van der Waals surface area contributed by atoms with E-state index in [1.165, 1.54) is 0 Å². The lowest BCUT2D eigenvalue weighted by Crippen LogP contribution is -1.95. The van der Waals surface area contributed by atoms with Crippen LogP contribution >= 0.6 is 11.3 Å². The molecule has 0 aliphatic rings. The zero-order valence-electron chi connectivity index (χ0n) is 8.53. The third-order valence-corrected chi connectivity index (χ3v) is 3.06. The van der Waals surface area contributed by atoms with Gasteiger partial charge in [-0.15, -0.1) is 11.3 Å². The summed E-state index contributed by atoms with van der Waals surface area (Å²) in [5.74, 6) is 0. The van der Waals surface area contributed by atoms with Crippen molar-refractivity contribution < 1.29 is 0 Å². The Morgan fingerprint density at radius 2 is 2.07 bits per heavy atom. The first kappa shape index (κ1) is 10.1. The van der Waals surface area contributed by atoms with Gasteiger partial charge in [0.25, 0.3) is 0 Å². The lowest BCUT2D eigenvalue weighted by atomic mass is 10.1. The highest BCUT2D eigenvalue weighted by molar-refractivity contribution is 7.14. The maximum Gasteiger partial charge on any atom is 0.182 e. The molecule has 0 aliphatic carbocycles. The van der Waals surface area contributed by atoms with Gasteiger partial charge >= 0.3 is 0 Å². The van der Waals surface area contributed by atoms with Crippen molar-refractivity contribution >= 4 is 16.5 Å². The van der Waals surface area contributed by atoms with Gasteiger partial charge in [-0.05, 0) is 5.56 Å². The van der Waals surface area contributed by atoms with E-state index in [2.05, 4.69) is 22.4 Å². The first-order valence-electron chi connectivity index (χ1n) is 4.76. The number of thiazole rings is 1. The highest BCUT2D eigenvalue weighted by Crippen LogP contribution is 2.24. The minimum absolute atomic E-state index is 0.582. The third-order valence-electron chi connectivity index (χ3n) is 2.20. The van der Waals surface area contributed by atoms with Crippen LogP contribution in [0.3, 0.4) is 0 Å². The number of hydrogen-bond donors (Lipinski definition) is 2. The molecule has 0 saturated carbocycles. The summed E-state index contributed by atoms with van der Waals surface area (Å²) in [4.78, 5) is 4.43. The van der Waals surface area contributed by atoms with Gasteiger partial charge in [0.05, 0.1) is 5.69 Å². The number of nitrogens with zero attached hydrogens (tertiary/aromatic N) is 1. The Morgan fingerprint density at radius 3 is 2.60 bits per heavy atom. The van der Waals surface area contributed by atoms with Crippen LogP contribution in [0.5, 0.6) is 0 Å². The summed E-state index contributed by atoms with van der Waals surface area (Å²) in [6, 6.07) is 8.18. The van der Waals surface area contributed by atoms with Crippen LogP contribution in [0, 0.1) is 0 Å². The third kappa shape index (κ3) is 2.16. The summed E-state index contributed by atoms with van der Waals surface area (Å²) in [6.45, 7) is 0.582. The van der Waals surface area contributed by atoms with Crippen LogP contribution in [-0.4, -0.2) is 12.0 Å². The Hall–Kier alpha value is -1.39. The molecular weight excluding hydrogens is 206 g/mol. The molecule has 3 N–H and O–H groups in total. The predicted molar refractivity (Wildman–Crippen MR) is 65.0 cm³/mol. The van der Waals surface area contributed by atoms with Gasteiger partial charge in [0, 0.05) is 24.5 Å². The molecule has 1 heterocycles. The molecule has 0 bridgehead atoms. The number of nitrogens with one attached hydrogen (secondary N) is 1. The maximum absolute atomic E-state index is 5.54. The molecule has 4 heteroatoms. The number of anilines is 1. The van der Waals surface area contributed by atoms with E-state index in [1.807, 2.05) is 24.6 Å². The Labute approximate surface area is 93.0 Å². The molecule has 0 spiro atoms. The van der Waals surface area contributed by atoms with Gasteiger partial charge in [0.15, 0.2) is 5.13 Å². The topological polar surface area (TPSA) is 50.9 Å². The van der Waals surface area contributed by atoms with Crippen LogP contribution in [0.2, 0.25) is 0 Å². The highest BCUT2D eigenvalue weighted by atomic mass is 32.1. The molecule has 0 atom stereocenters. The van der Waals surface area contributed by atoms with Crippen LogP contribution in [0.1, 0.15) is 5.56 Å². The molecule has 0 fully saturated rings. The zero-order chi connectivity index (χ0) is 10.7. The number of aromatic nitrogens is 1. The van der Waals surface area contributed by atoms with E-state index >= 15 is 0 Å². The Kier molecular flexibility index (Phi) is 2.99. The summed E-state index contributed by atoms with van der Waals surface area (Å²) in [6.07, 6.45) is 0. The predicted octanol–water partition coefficient (Wildman–Crippen LogP) is 2.31. The SMILES string of the molecule is CNc1nc(-c2ccc(CN)cc2)cs1. The molecule has 2 rings (SSSR count). The average Bonchev–Trinajstić information content (AvgIpc) is 2.78. The van der Waals surface area contributed by atoms with Gasteiger partial charge in [-0.3, -0.25) is 0 Å². The van der Waals surface area contributed by atoms with Crippen molar-refractivity contribution in [3.05, 3.63) is 35.2 Å². The number of nitrogens with two attached hydrogens (primary N) is 1. The van der Waals surface area contributed by atoms with Crippen LogP contribution in [-0.2, 0) is 6.54 Å². The number of benzene rings is 1. The molecule has 0 unspecified atom stereocenters. The smallest absolute Gasteiger partial charge is 0.182 e. The van der Waals surface area contributed by atoms with E-state index in [0.29, 0.717) is 6.54 Å². The molecule has 0 aliphatic heterocycles. The Bertz CT molecular complexity index is 433. The second kappa shape index (κ2) is 4.42. The van der Waals surface area contributed by atoms with Crippen LogP contribution in [0.15, 0.2) is 29.6 Å². The lowest BCUT2D eigenvalue weighted by Gasteiger charge is -1.99. The molecule has 1 aromatic carbocycles. The van der Waals surface area contributed by atoms with E-state index in [-0.39, 0.29) is 0 Å². The number of hydrogen-bond acceptors (Lipinski definition) is 4. The van der Waals surface area contributed by atoms with Crippen molar-refractivity contribution in [3.63, 3.8) is 0 Å². The van der Waals surface area contributed by atoms with Crippen molar-refractivity contribution in [2.75, 3.05) is 12.4 Å². The molecule has 0 saturated heterocycles. The number of rotatable bonds is 3. The Morgan fingerprint density at radius 1 is 1.33 bits per heavy atom. The molecule has 15 heavy (non-hydrogen) atoms. The van der Waals surface area contributed by atoms with E-state index in [4.69, 9.17) is 5.73 Å². The Balaban J connectivity index is 2.28. The van der Waals surface area contributed by atoms with Gasteiger partial charge in [-0.1, -0.05) is 24.3 Å². The normalized spacial score (nSPS) is 10.3. The summed E-state index contributed by atoms with van der Waals surface area (Å²) >= 11 is 1.61. The fourth-order valence-corrected chi connectivity index (χ4v) is 2.01. The van der Waals surface area contributed by atoms with Gasteiger partial charge in [-0.2, -0.15) is 0 Å². The second-order valence-electron chi connectivity index (χ2n) is 3.19. The molecule has 3 nitrogen and oxygen atoms in total. The molecule has 0 amide bonds. The van der Waals surface area contributed by atoms with E-state index in [0.717, 1.165) is 22.0 Å². The van der Waals surface area contributed by atoms with Crippen molar-refractivity contribution in [1.82, 2.24) is 4.98 Å². The summed E-state index contributed by atoms with van der Waals surface area (Å²) in [5, 5.41) is 6.01. The van der Waals surface area contributed by atoms with E-state index < -0.39 is 0 Å². The average molecular weight is 219 g/mol. The van der Waals surface area contributed by atoms with E-state index in [9.17, 15) is 0 Å². The molecule has 1 aromatic heterocycles. The summed E-state index contributed by atoms with van der Waals surface area (Å²) < 4.78 is 0. The molecule has 0 radical (unpaired) electrons. The van der Waals surface area contributed by atoms with E-state index in [1.54, 1.807) is 11.3 Å². The van der Waals surface area contributed by atoms with Gasteiger partial charge in [-0.25, -0.2) is 4.98 Å². The van der Waals surface area contributed by atoms with Crippen LogP contribution in [0.25, 0.3) is 11.3 Å². The first-order chi connectivity index (χ1) is 7.33. The quantitative estimate of drug-likeness (QED) is 0.833. The lowest BCUT2D eigenvalue weighted by molar-refractivity contribution is 1.07. The molecule has 2 aromatic rings. The van der Waals surface area contributed by atoms with Crippen molar-refractivity contribution in [2.45, 2.75) is 6.54 Å². The summed E-state index contributed by atoms with van der Waals surface area (Å²) in [5.41, 5.74) is 8.82. The second-order valence-corrected chi connectivity index (χ2v) is 4.05. The fourth-order valence-electron chi connectivity index (χ4n) is 1.33. The monoisotopic (exact) mass is 219 g/mol. The van der Waals surface area contributed by atoms with Crippen molar-refractivity contribution in [3.8, 4) is 11.3 Å². The molecular formula is C11H13N3S. The minimum atomic E-state index is 0.582. The van der Waals surface area contributed by atoms with Crippen LogP contribution in [0.4, 0.5) is 5.13 Å². The van der Waals surface area contributed by atoms with Crippen molar-refractivity contribution in [1.29, 1.82) is 0 Å². The highest BCUT2D eigenvalue weighted by Gasteiger charge is 2.02. The molecule has 78 valence electrons.